The highest BCUT2D eigenvalue weighted by Gasteiger charge is 2.16. The molecule has 74 valence electrons. The lowest BCUT2D eigenvalue weighted by Gasteiger charge is -1.96. The van der Waals surface area contributed by atoms with Crippen LogP contribution in [0.15, 0.2) is 5.38 Å². The van der Waals surface area contributed by atoms with Crippen LogP contribution >= 0.6 is 11.3 Å². The molecule has 1 aromatic rings. The molecular formula is C7H5NO4S2. The second-order valence-corrected chi connectivity index (χ2v) is 4.81. The van der Waals surface area contributed by atoms with Gasteiger partial charge in [-0.15, -0.1) is 11.3 Å². The number of rotatable bonds is 3. The van der Waals surface area contributed by atoms with E-state index in [2.05, 4.69) is 0 Å². The average Bonchev–Trinajstić information content (AvgIpc) is 2.44. The van der Waals surface area contributed by atoms with Gasteiger partial charge in [0.05, 0.1) is 10.4 Å². The Labute approximate surface area is 84.3 Å². The van der Waals surface area contributed by atoms with Gasteiger partial charge in [-0.25, -0.2) is 0 Å². The molecule has 0 aliphatic carbocycles. The van der Waals surface area contributed by atoms with Gasteiger partial charge in [-0.05, 0) is 0 Å². The molecule has 0 aromatic carbocycles. The monoisotopic (exact) mass is 231 g/mol. The molecule has 0 aliphatic heterocycles. The van der Waals surface area contributed by atoms with E-state index in [-0.39, 0.29) is 16.0 Å². The molecule has 0 saturated carbocycles. The van der Waals surface area contributed by atoms with Crippen molar-refractivity contribution in [3.05, 3.63) is 21.4 Å². The summed E-state index contributed by atoms with van der Waals surface area (Å²) in [4.78, 5) is 10.6. The van der Waals surface area contributed by atoms with E-state index in [1.165, 1.54) is 5.38 Å². The summed E-state index contributed by atoms with van der Waals surface area (Å²) in [7, 11) is -4.22. The van der Waals surface area contributed by atoms with Crippen LogP contribution < -0.4 is 0 Å². The van der Waals surface area contributed by atoms with Crippen LogP contribution in [0.5, 0.6) is 0 Å². The van der Waals surface area contributed by atoms with Crippen molar-refractivity contribution >= 4 is 27.7 Å². The zero-order valence-corrected chi connectivity index (χ0v) is 8.43. The van der Waals surface area contributed by atoms with Gasteiger partial charge in [0.15, 0.2) is 6.29 Å². The van der Waals surface area contributed by atoms with E-state index >= 15 is 0 Å². The van der Waals surface area contributed by atoms with Gasteiger partial charge in [0, 0.05) is 10.9 Å². The smallest absolute Gasteiger partial charge is 0.269 e. The lowest BCUT2D eigenvalue weighted by Crippen LogP contribution is -2.03. The van der Waals surface area contributed by atoms with E-state index in [1.807, 2.05) is 0 Å². The Morgan fingerprint density at radius 3 is 2.71 bits per heavy atom. The second kappa shape index (κ2) is 3.88. The molecule has 0 fully saturated rings. The molecule has 7 heteroatoms. The van der Waals surface area contributed by atoms with Crippen molar-refractivity contribution in [3.8, 4) is 6.07 Å². The normalized spacial score (nSPS) is 10.9. The Kier molecular flexibility index (Phi) is 3.00. The third-order valence-corrected chi connectivity index (χ3v) is 3.08. The summed E-state index contributed by atoms with van der Waals surface area (Å²) in [6.07, 6.45) is 0.464. The lowest BCUT2D eigenvalue weighted by molar-refractivity contribution is 0.112. The minimum Gasteiger partial charge on any atom is -0.297 e. The van der Waals surface area contributed by atoms with E-state index in [0.29, 0.717) is 6.29 Å². The highest BCUT2D eigenvalue weighted by atomic mass is 32.2. The van der Waals surface area contributed by atoms with Crippen LogP contribution in [0.25, 0.3) is 0 Å². The number of thiophene rings is 1. The highest BCUT2D eigenvalue weighted by Crippen LogP contribution is 2.22. The first kappa shape index (κ1) is 10.8. The summed E-state index contributed by atoms with van der Waals surface area (Å²) in [6.45, 7) is 0. The van der Waals surface area contributed by atoms with Gasteiger partial charge in [0.1, 0.15) is 11.8 Å². The van der Waals surface area contributed by atoms with Crippen molar-refractivity contribution in [2.24, 2.45) is 0 Å². The number of carbonyl (C=O) groups is 1. The fourth-order valence-corrected chi connectivity index (χ4v) is 2.51. The third-order valence-electron chi connectivity index (χ3n) is 1.48. The molecule has 1 rings (SSSR count). The molecule has 1 aromatic heterocycles. The molecule has 0 spiro atoms. The Balaban J connectivity index is 3.24. The maximum absolute atomic E-state index is 10.6. The SMILES string of the molecule is N#Cc1csc(C=O)c1CS(=O)(=O)O. The molecule has 5 nitrogen and oxygen atoms in total. The predicted molar refractivity (Wildman–Crippen MR) is 49.7 cm³/mol. The van der Waals surface area contributed by atoms with Crippen molar-refractivity contribution in [2.45, 2.75) is 5.75 Å². The van der Waals surface area contributed by atoms with E-state index < -0.39 is 15.9 Å². The molecule has 1 N–H and O–H groups in total. The van der Waals surface area contributed by atoms with Crippen LogP contribution in [0, 0.1) is 11.3 Å². The predicted octanol–water partition coefficient (Wildman–Crippen LogP) is 0.820. The van der Waals surface area contributed by atoms with E-state index in [9.17, 15) is 13.2 Å². The average molecular weight is 231 g/mol. The van der Waals surface area contributed by atoms with Gasteiger partial charge >= 0.3 is 0 Å². The van der Waals surface area contributed by atoms with Crippen LogP contribution in [0.3, 0.4) is 0 Å². The molecule has 0 aliphatic rings. The van der Waals surface area contributed by atoms with Crippen LogP contribution in [0.2, 0.25) is 0 Å². The third kappa shape index (κ3) is 2.38. The number of hydrogen-bond donors (Lipinski definition) is 1. The van der Waals surface area contributed by atoms with E-state index in [0.717, 1.165) is 11.3 Å². The lowest BCUT2D eigenvalue weighted by atomic mass is 10.2. The standard InChI is InChI=1S/C7H5NO4S2/c8-1-5-3-13-7(2-9)6(5)4-14(10,11)12/h2-3H,4H2,(H,10,11,12). The van der Waals surface area contributed by atoms with Crippen molar-refractivity contribution in [2.75, 3.05) is 0 Å². The molecule has 14 heavy (non-hydrogen) atoms. The molecule has 0 saturated heterocycles. The topological polar surface area (TPSA) is 95.2 Å². The van der Waals surface area contributed by atoms with Crippen molar-refractivity contribution in [1.29, 1.82) is 5.26 Å². The summed E-state index contributed by atoms with van der Waals surface area (Å²) in [5.74, 6) is -0.701. The Hall–Kier alpha value is -1.23. The van der Waals surface area contributed by atoms with Gasteiger partial charge in [0.2, 0.25) is 0 Å². The summed E-state index contributed by atoms with van der Waals surface area (Å²) in [5.41, 5.74) is 0.171. The van der Waals surface area contributed by atoms with E-state index in [1.54, 1.807) is 6.07 Å². The van der Waals surface area contributed by atoms with Gasteiger partial charge in [0.25, 0.3) is 10.1 Å². The maximum Gasteiger partial charge on any atom is 0.269 e. The van der Waals surface area contributed by atoms with Gasteiger partial charge < -0.3 is 0 Å². The number of hydrogen-bond acceptors (Lipinski definition) is 5. The first-order valence-electron chi connectivity index (χ1n) is 3.38. The van der Waals surface area contributed by atoms with Crippen LogP contribution in [0.1, 0.15) is 20.8 Å². The van der Waals surface area contributed by atoms with Crippen LogP contribution in [-0.4, -0.2) is 19.3 Å². The highest BCUT2D eigenvalue weighted by molar-refractivity contribution is 7.85. The van der Waals surface area contributed by atoms with Crippen molar-refractivity contribution < 1.29 is 17.8 Å². The zero-order valence-electron chi connectivity index (χ0n) is 6.80. The summed E-state index contributed by atoms with van der Waals surface area (Å²) < 4.78 is 29.7. The Morgan fingerprint density at radius 1 is 1.64 bits per heavy atom. The van der Waals surface area contributed by atoms with Gasteiger partial charge in [-0.3, -0.25) is 9.35 Å². The number of carbonyl (C=O) groups excluding carboxylic acids is 1. The quantitative estimate of drug-likeness (QED) is 0.613. The second-order valence-electron chi connectivity index (χ2n) is 2.45. The summed E-state index contributed by atoms with van der Waals surface area (Å²) in [5, 5.41) is 9.97. The van der Waals surface area contributed by atoms with Gasteiger partial charge in [-0.1, -0.05) is 0 Å². The van der Waals surface area contributed by atoms with Crippen LogP contribution in [-0.2, 0) is 15.9 Å². The minimum absolute atomic E-state index is 0.0648. The Bertz CT molecular complexity index is 494. The van der Waals surface area contributed by atoms with Crippen LogP contribution in [0.4, 0.5) is 0 Å². The Morgan fingerprint density at radius 2 is 2.29 bits per heavy atom. The van der Waals surface area contributed by atoms with E-state index in [4.69, 9.17) is 9.81 Å². The fourth-order valence-electron chi connectivity index (χ4n) is 0.921. The molecular weight excluding hydrogens is 226 g/mol. The number of nitrogens with zero attached hydrogens (tertiary/aromatic N) is 1. The zero-order chi connectivity index (χ0) is 10.8. The van der Waals surface area contributed by atoms with Crippen molar-refractivity contribution in [3.63, 3.8) is 0 Å². The molecule has 0 amide bonds. The van der Waals surface area contributed by atoms with Crippen molar-refractivity contribution in [1.82, 2.24) is 0 Å². The molecule has 0 radical (unpaired) electrons. The molecule has 0 atom stereocenters. The first-order chi connectivity index (χ1) is 6.48. The summed E-state index contributed by atoms with van der Waals surface area (Å²) in [6, 6.07) is 1.75. The van der Waals surface area contributed by atoms with Gasteiger partial charge in [-0.2, -0.15) is 13.7 Å². The largest absolute Gasteiger partial charge is 0.297 e. The number of nitriles is 1. The minimum atomic E-state index is -4.22. The molecule has 1 heterocycles. The fraction of sp³-hybridized carbons (Fsp3) is 0.143. The molecule has 0 unspecified atom stereocenters. The summed E-state index contributed by atoms with van der Waals surface area (Å²) >= 11 is 0.975. The maximum atomic E-state index is 10.6. The molecule has 0 bridgehead atoms. The first-order valence-corrected chi connectivity index (χ1v) is 5.87. The number of aldehydes is 1.